The van der Waals surface area contributed by atoms with Crippen molar-refractivity contribution in [3.63, 3.8) is 0 Å². The summed E-state index contributed by atoms with van der Waals surface area (Å²) in [4.78, 5) is 4.87. The SMILES string of the molecule is N#CC(C#N)=Cc1c(OCc2cnc(Cl)s2)ccc2ccccc12. The predicted octanol–water partition coefficient (Wildman–Crippen LogP) is 4.96. The maximum absolute atomic E-state index is 9.06. The minimum atomic E-state index is 0.0250. The second-order valence-corrected chi connectivity index (χ2v) is 6.55. The van der Waals surface area contributed by atoms with Crippen molar-refractivity contribution < 1.29 is 4.74 Å². The fraction of sp³-hybridized carbons (Fsp3) is 0.0556. The van der Waals surface area contributed by atoms with E-state index in [1.54, 1.807) is 12.3 Å². The zero-order chi connectivity index (χ0) is 16.9. The molecule has 3 rings (SSSR count). The molecule has 0 aliphatic heterocycles. The van der Waals surface area contributed by atoms with Crippen LogP contribution in [0.15, 0.2) is 48.2 Å². The lowest BCUT2D eigenvalue weighted by Crippen LogP contribution is -1.96. The minimum absolute atomic E-state index is 0.0250. The average molecular weight is 352 g/mol. The monoisotopic (exact) mass is 351 g/mol. The van der Waals surface area contributed by atoms with Gasteiger partial charge in [-0.25, -0.2) is 4.98 Å². The molecule has 0 saturated carbocycles. The molecule has 4 nitrogen and oxygen atoms in total. The molecule has 2 aromatic carbocycles. The van der Waals surface area contributed by atoms with Crippen LogP contribution < -0.4 is 4.74 Å². The van der Waals surface area contributed by atoms with Gasteiger partial charge >= 0.3 is 0 Å². The topological polar surface area (TPSA) is 69.7 Å². The van der Waals surface area contributed by atoms with Gasteiger partial charge in [0.2, 0.25) is 0 Å². The maximum atomic E-state index is 9.06. The second kappa shape index (κ2) is 7.14. The van der Waals surface area contributed by atoms with E-state index in [4.69, 9.17) is 26.9 Å². The number of fused-ring (bicyclic) bond motifs is 1. The zero-order valence-corrected chi connectivity index (χ0v) is 13.9. The number of nitriles is 2. The Balaban J connectivity index is 2.05. The Morgan fingerprint density at radius 3 is 2.71 bits per heavy atom. The molecule has 0 N–H and O–H groups in total. The summed E-state index contributed by atoms with van der Waals surface area (Å²) in [6.07, 6.45) is 3.22. The molecule has 3 aromatic rings. The summed E-state index contributed by atoms with van der Waals surface area (Å²) in [7, 11) is 0. The molecule has 0 fully saturated rings. The average Bonchev–Trinajstić information content (AvgIpc) is 3.03. The molecular weight excluding hydrogens is 342 g/mol. The van der Waals surface area contributed by atoms with Crippen molar-refractivity contribution in [1.82, 2.24) is 4.98 Å². The number of rotatable bonds is 4. The van der Waals surface area contributed by atoms with Crippen molar-refractivity contribution >= 4 is 39.8 Å². The third-order valence-electron chi connectivity index (χ3n) is 3.36. The van der Waals surface area contributed by atoms with Crippen LogP contribution in [0.4, 0.5) is 0 Å². The molecule has 116 valence electrons. The molecule has 6 heteroatoms. The van der Waals surface area contributed by atoms with E-state index in [1.165, 1.54) is 11.3 Å². The van der Waals surface area contributed by atoms with Crippen LogP contribution in [0.3, 0.4) is 0 Å². The highest BCUT2D eigenvalue weighted by atomic mass is 35.5. The summed E-state index contributed by atoms with van der Waals surface area (Å²) >= 11 is 7.18. The van der Waals surface area contributed by atoms with E-state index >= 15 is 0 Å². The van der Waals surface area contributed by atoms with E-state index < -0.39 is 0 Å². The number of halogens is 1. The van der Waals surface area contributed by atoms with Gasteiger partial charge in [0.1, 0.15) is 30.1 Å². The molecular formula is C18H10ClN3OS. The maximum Gasteiger partial charge on any atom is 0.183 e. The highest BCUT2D eigenvalue weighted by molar-refractivity contribution is 7.15. The van der Waals surface area contributed by atoms with Gasteiger partial charge < -0.3 is 4.74 Å². The Hall–Kier alpha value is -2.86. The lowest BCUT2D eigenvalue weighted by atomic mass is 10.0. The van der Waals surface area contributed by atoms with Gasteiger partial charge in [0.05, 0.1) is 4.88 Å². The Bertz CT molecular complexity index is 995. The molecule has 0 unspecified atom stereocenters. The van der Waals surface area contributed by atoms with E-state index in [9.17, 15) is 0 Å². The van der Waals surface area contributed by atoms with Gasteiger partial charge in [0.25, 0.3) is 0 Å². The van der Waals surface area contributed by atoms with Crippen molar-refractivity contribution in [2.24, 2.45) is 0 Å². The van der Waals surface area contributed by atoms with Crippen LogP contribution in [-0.4, -0.2) is 4.98 Å². The Kier molecular flexibility index (Phi) is 4.77. The summed E-state index contributed by atoms with van der Waals surface area (Å²) < 4.78 is 6.34. The molecule has 1 aromatic heterocycles. The molecule has 0 radical (unpaired) electrons. The van der Waals surface area contributed by atoms with Crippen LogP contribution in [-0.2, 0) is 6.61 Å². The lowest BCUT2D eigenvalue weighted by Gasteiger charge is -2.11. The molecule has 24 heavy (non-hydrogen) atoms. The number of hydrogen-bond donors (Lipinski definition) is 0. The van der Waals surface area contributed by atoms with E-state index in [2.05, 4.69) is 4.98 Å². The smallest absolute Gasteiger partial charge is 0.183 e. The number of benzene rings is 2. The highest BCUT2D eigenvalue weighted by Crippen LogP contribution is 2.31. The number of ether oxygens (including phenoxy) is 1. The van der Waals surface area contributed by atoms with Crippen molar-refractivity contribution in [1.29, 1.82) is 10.5 Å². The van der Waals surface area contributed by atoms with Crippen LogP contribution in [0.25, 0.3) is 16.8 Å². The van der Waals surface area contributed by atoms with Gasteiger partial charge in [-0.15, -0.1) is 11.3 Å². The van der Waals surface area contributed by atoms with Crippen molar-refractivity contribution in [2.75, 3.05) is 0 Å². The van der Waals surface area contributed by atoms with Crippen molar-refractivity contribution in [3.05, 3.63) is 63.1 Å². The van der Waals surface area contributed by atoms with Gasteiger partial charge in [-0.2, -0.15) is 10.5 Å². The first kappa shape index (κ1) is 16.0. The van der Waals surface area contributed by atoms with Gasteiger partial charge in [0.15, 0.2) is 4.47 Å². The summed E-state index contributed by atoms with van der Waals surface area (Å²) in [5.41, 5.74) is 0.735. The molecule has 0 aliphatic rings. The van der Waals surface area contributed by atoms with Gasteiger partial charge in [0, 0.05) is 11.8 Å². The van der Waals surface area contributed by atoms with E-state index in [1.807, 2.05) is 48.5 Å². The molecule has 0 atom stereocenters. The second-order valence-electron chi connectivity index (χ2n) is 4.85. The fourth-order valence-corrected chi connectivity index (χ4v) is 3.17. The molecule has 0 aliphatic carbocycles. The van der Waals surface area contributed by atoms with Gasteiger partial charge in [-0.05, 0) is 22.9 Å². The number of allylic oxidation sites excluding steroid dienone is 1. The molecule has 0 bridgehead atoms. The lowest BCUT2D eigenvalue weighted by molar-refractivity contribution is 0.309. The largest absolute Gasteiger partial charge is 0.487 e. The summed E-state index contributed by atoms with van der Waals surface area (Å²) in [5, 5.41) is 20.0. The predicted molar refractivity (Wildman–Crippen MR) is 94.6 cm³/mol. The Labute approximate surface area is 147 Å². The van der Waals surface area contributed by atoms with Gasteiger partial charge in [-0.3, -0.25) is 0 Å². The first-order valence-electron chi connectivity index (χ1n) is 6.98. The molecule has 0 spiro atoms. The number of nitrogens with zero attached hydrogens (tertiary/aromatic N) is 3. The number of thiazole rings is 1. The number of hydrogen-bond acceptors (Lipinski definition) is 5. The minimum Gasteiger partial charge on any atom is -0.487 e. The quantitative estimate of drug-likeness (QED) is 0.623. The summed E-state index contributed by atoms with van der Waals surface area (Å²) in [6, 6.07) is 15.3. The standard InChI is InChI=1S/C18H10ClN3OS/c19-18-22-10-14(24-18)11-23-17-6-5-13-3-1-2-4-15(13)16(17)7-12(8-20)9-21/h1-7,10H,11H2. The van der Waals surface area contributed by atoms with Crippen molar-refractivity contribution in [2.45, 2.75) is 6.61 Å². The van der Waals surface area contributed by atoms with Crippen LogP contribution in [0, 0.1) is 22.7 Å². The highest BCUT2D eigenvalue weighted by Gasteiger charge is 2.09. The molecule has 1 heterocycles. The van der Waals surface area contributed by atoms with E-state index in [0.29, 0.717) is 22.4 Å². The Morgan fingerprint density at radius 2 is 2.00 bits per heavy atom. The molecule has 0 saturated heterocycles. The normalized spacial score (nSPS) is 9.96. The van der Waals surface area contributed by atoms with Crippen molar-refractivity contribution in [3.8, 4) is 17.9 Å². The first-order valence-corrected chi connectivity index (χ1v) is 8.17. The molecule has 0 amide bonds. The van der Waals surface area contributed by atoms with Crippen LogP contribution >= 0.6 is 22.9 Å². The third kappa shape index (κ3) is 3.38. The fourth-order valence-electron chi connectivity index (χ4n) is 2.28. The van der Waals surface area contributed by atoms with Crippen LogP contribution in [0.2, 0.25) is 4.47 Å². The first-order chi connectivity index (χ1) is 11.7. The van der Waals surface area contributed by atoms with E-state index in [-0.39, 0.29) is 5.57 Å². The summed E-state index contributed by atoms with van der Waals surface area (Å²) in [6.45, 7) is 0.317. The number of aromatic nitrogens is 1. The summed E-state index contributed by atoms with van der Waals surface area (Å²) in [5.74, 6) is 0.598. The van der Waals surface area contributed by atoms with Crippen LogP contribution in [0.1, 0.15) is 10.4 Å². The third-order valence-corrected chi connectivity index (χ3v) is 4.44. The zero-order valence-electron chi connectivity index (χ0n) is 12.4. The van der Waals surface area contributed by atoms with Gasteiger partial charge in [-0.1, -0.05) is 41.9 Å². The van der Waals surface area contributed by atoms with Crippen LogP contribution in [0.5, 0.6) is 5.75 Å². The van der Waals surface area contributed by atoms with E-state index in [0.717, 1.165) is 15.6 Å². The Morgan fingerprint density at radius 1 is 1.21 bits per heavy atom.